The smallest absolute Gasteiger partial charge is 0.350 e. The van der Waals surface area contributed by atoms with Crippen molar-refractivity contribution in [3.8, 4) is 12.3 Å². The molecule has 1 aromatic heterocycles. The third kappa shape index (κ3) is 1.95. The zero-order chi connectivity index (χ0) is 16.0. The molecule has 1 aromatic rings. The number of aliphatic hydroxyl groups is 2. The highest BCUT2D eigenvalue weighted by molar-refractivity contribution is 5.19. The summed E-state index contributed by atoms with van der Waals surface area (Å²) in [5.41, 5.74) is -5.12. The van der Waals surface area contributed by atoms with Gasteiger partial charge in [-0.1, -0.05) is 5.92 Å². The lowest BCUT2D eigenvalue weighted by Gasteiger charge is -2.23. The van der Waals surface area contributed by atoms with Gasteiger partial charge in [0.15, 0.2) is 6.23 Å². The zero-order valence-electron chi connectivity index (χ0n) is 11.3. The van der Waals surface area contributed by atoms with Gasteiger partial charge in [-0.15, -0.1) is 6.42 Å². The topological polar surface area (TPSA) is 117 Å². The summed E-state index contributed by atoms with van der Waals surface area (Å²) >= 11 is 0. The minimum absolute atomic E-state index is 0.455. The Morgan fingerprint density at radius 3 is 3.00 bits per heavy atom. The van der Waals surface area contributed by atoms with Crippen LogP contribution in [0.3, 0.4) is 0 Å². The molecule has 3 N–H and O–H groups in total. The van der Waals surface area contributed by atoms with Crippen molar-refractivity contribution in [2.75, 3.05) is 6.56 Å². The van der Waals surface area contributed by atoms with Crippen LogP contribution in [-0.2, 0) is 4.74 Å². The molecule has 9 heteroatoms. The van der Waals surface area contributed by atoms with Gasteiger partial charge in [-0.2, -0.15) is 4.98 Å². The zero-order valence-corrected chi connectivity index (χ0v) is 9.28. The predicted octanol–water partition coefficient (Wildman–Crippen LogP) is -2.48. The predicted molar refractivity (Wildman–Crippen MR) is 58.8 cm³/mol. The number of hydrogen-bond donors (Lipinski definition) is 3. The van der Waals surface area contributed by atoms with Crippen LogP contribution in [0.4, 0.5) is 4.39 Å². The first-order chi connectivity index (χ1) is 9.61. The Labute approximate surface area is 108 Å². The van der Waals surface area contributed by atoms with Crippen molar-refractivity contribution < 1.29 is 22.1 Å². The number of hydrogen-bond acceptors (Lipinski definition) is 6. The molecule has 4 atom stereocenters. The molecule has 2 rings (SSSR count). The number of ether oxygens (including phenoxy) is 1. The lowest BCUT2D eigenvalue weighted by molar-refractivity contribution is -0.0548. The number of halogens is 1. The molecule has 0 bridgehead atoms. The van der Waals surface area contributed by atoms with E-state index >= 15 is 0 Å². The van der Waals surface area contributed by atoms with Crippen molar-refractivity contribution in [1.82, 2.24) is 14.5 Å². The van der Waals surface area contributed by atoms with E-state index in [1.54, 1.807) is 10.9 Å². The lowest BCUT2D eigenvalue weighted by Crippen LogP contribution is -2.45. The highest BCUT2D eigenvalue weighted by Crippen LogP contribution is 2.40. The second-order valence-electron chi connectivity index (χ2n) is 3.78. The molecular formula is C10H10FN3O5. The summed E-state index contributed by atoms with van der Waals surface area (Å²) < 4.78 is 34.2. The van der Waals surface area contributed by atoms with Gasteiger partial charge in [-0.05, 0) is 0 Å². The van der Waals surface area contributed by atoms with Crippen LogP contribution in [-0.4, -0.2) is 49.2 Å². The van der Waals surface area contributed by atoms with Crippen molar-refractivity contribution in [3.05, 3.63) is 27.3 Å². The van der Waals surface area contributed by atoms with Crippen molar-refractivity contribution in [3.63, 3.8) is 0 Å². The molecule has 19 heavy (non-hydrogen) atoms. The Hall–Kier alpha value is -2.02. The summed E-state index contributed by atoms with van der Waals surface area (Å²) in [5.74, 6) is 1.58. The Morgan fingerprint density at radius 1 is 1.79 bits per heavy atom. The molecule has 8 nitrogen and oxygen atoms in total. The van der Waals surface area contributed by atoms with Gasteiger partial charge >= 0.3 is 11.4 Å². The third-order valence-electron chi connectivity index (χ3n) is 2.70. The number of aromatic amines is 1. The minimum Gasteiger partial charge on any atom is -0.394 e. The highest BCUT2D eigenvalue weighted by atomic mass is 19.1. The van der Waals surface area contributed by atoms with E-state index in [9.17, 15) is 24.2 Å². The van der Waals surface area contributed by atoms with Gasteiger partial charge < -0.3 is 14.9 Å². The molecule has 0 spiro atoms. The van der Waals surface area contributed by atoms with Crippen molar-refractivity contribution in [2.45, 2.75) is 24.1 Å². The summed E-state index contributed by atoms with van der Waals surface area (Å²) in [6.45, 7) is -3.11. The fourth-order valence-electron chi connectivity index (χ4n) is 1.73. The Bertz CT molecular complexity index is 708. The standard InChI is InChI=1S/C10H10FN3O5/c1-2-10(11)6(16)5(3-15)19-7(10)14-4-12-8(17)13-9(14)18/h1,4-7,15-16H,3H2,(H,13,17,18)/t5-,6+,7-,10?/m1/s1/i3D2. The molecular weight excluding hydrogens is 261 g/mol. The molecule has 0 radical (unpaired) electrons. The second kappa shape index (κ2) is 4.58. The Kier molecular flexibility index (Phi) is 2.62. The largest absolute Gasteiger partial charge is 0.394 e. The van der Waals surface area contributed by atoms with Crippen LogP contribution in [0.1, 0.15) is 8.97 Å². The van der Waals surface area contributed by atoms with E-state index in [1.807, 2.05) is 0 Å². The van der Waals surface area contributed by atoms with E-state index in [2.05, 4.69) is 4.98 Å². The summed E-state index contributed by atoms with van der Waals surface area (Å²) in [4.78, 5) is 27.4. The molecule has 0 aliphatic carbocycles. The van der Waals surface area contributed by atoms with Crippen LogP contribution in [0.25, 0.3) is 0 Å². The molecule has 1 unspecified atom stereocenters. The summed E-state index contributed by atoms with van der Waals surface area (Å²) in [7, 11) is 0. The number of alkyl halides is 1. The van der Waals surface area contributed by atoms with Crippen molar-refractivity contribution >= 4 is 0 Å². The maximum Gasteiger partial charge on any atom is 0.350 e. The molecule has 1 saturated heterocycles. The first-order valence-electron chi connectivity index (χ1n) is 6.01. The van der Waals surface area contributed by atoms with Crippen LogP contribution in [0.5, 0.6) is 0 Å². The van der Waals surface area contributed by atoms with Gasteiger partial charge in [-0.3, -0.25) is 9.55 Å². The Morgan fingerprint density at radius 2 is 2.47 bits per heavy atom. The van der Waals surface area contributed by atoms with E-state index in [0.717, 1.165) is 0 Å². The van der Waals surface area contributed by atoms with Crippen LogP contribution >= 0.6 is 0 Å². The maximum atomic E-state index is 14.7. The monoisotopic (exact) mass is 273 g/mol. The number of aliphatic hydroxyl groups excluding tert-OH is 1. The van der Waals surface area contributed by atoms with Crippen LogP contribution in [0.2, 0.25) is 0 Å². The van der Waals surface area contributed by atoms with Crippen molar-refractivity contribution in [1.29, 1.82) is 0 Å². The second-order valence-corrected chi connectivity index (χ2v) is 3.78. The average molecular weight is 273 g/mol. The molecule has 1 fully saturated rings. The van der Waals surface area contributed by atoms with Gasteiger partial charge in [-0.25, -0.2) is 14.0 Å². The number of rotatable bonds is 2. The molecule has 0 saturated carbocycles. The molecule has 1 aliphatic rings. The molecule has 102 valence electrons. The summed E-state index contributed by atoms with van der Waals surface area (Å²) in [5, 5.41) is 19.0. The fourth-order valence-corrected chi connectivity index (χ4v) is 1.73. The number of nitrogens with zero attached hydrogens (tertiary/aromatic N) is 2. The van der Waals surface area contributed by atoms with Gasteiger partial charge in [0.25, 0.3) is 0 Å². The number of H-pyrrole nitrogens is 1. The van der Waals surface area contributed by atoms with Gasteiger partial charge in [0.1, 0.15) is 18.5 Å². The van der Waals surface area contributed by atoms with Crippen molar-refractivity contribution in [2.24, 2.45) is 0 Å². The quantitative estimate of drug-likeness (QED) is 0.514. The SMILES string of the molecule is [2H]C([2H])(O)[C@H]1O[C@@H](n2cnc(=O)[nH]c2=O)C(F)(C#C)[C@H]1O. The van der Waals surface area contributed by atoms with Crippen LogP contribution < -0.4 is 11.4 Å². The summed E-state index contributed by atoms with van der Waals surface area (Å²) in [6.07, 6.45) is -0.621. The minimum atomic E-state index is -3.11. The van der Waals surface area contributed by atoms with E-state index in [0.29, 0.717) is 10.9 Å². The summed E-state index contributed by atoms with van der Waals surface area (Å²) in [6, 6.07) is 0. The first-order valence-corrected chi connectivity index (χ1v) is 5.01. The highest BCUT2D eigenvalue weighted by Gasteiger charge is 2.57. The van der Waals surface area contributed by atoms with Gasteiger partial charge in [0, 0.05) is 0 Å². The van der Waals surface area contributed by atoms with Crippen LogP contribution in [0, 0.1) is 12.3 Å². The molecule has 2 heterocycles. The number of nitrogens with one attached hydrogen (secondary N) is 1. The van der Waals surface area contributed by atoms with E-state index in [-0.39, 0.29) is 0 Å². The average Bonchev–Trinajstić information content (AvgIpc) is 2.63. The van der Waals surface area contributed by atoms with Crippen LogP contribution in [0.15, 0.2) is 15.9 Å². The Balaban J connectivity index is 2.55. The van der Waals surface area contributed by atoms with E-state index in [4.69, 9.17) is 13.9 Å². The number of aromatic nitrogens is 3. The molecule has 0 aromatic carbocycles. The number of terminal acetylenes is 1. The lowest BCUT2D eigenvalue weighted by atomic mass is 9.97. The van der Waals surface area contributed by atoms with E-state index in [1.165, 1.54) is 0 Å². The maximum absolute atomic E-state index is 14.7. The third-order valence-corrected chi connectivity index (χ3v) is 2.70. The molecule has 0 amide bonds. The van der Waals surface area contributed by atoms with Gasteiger partial charge in [0.05, 0.1) is 9.30 Å². The molecule has 1 aliphatic heterocycles. The fraction of sp³-hybridized carbons (Fsp3) is 0.500. The van der Waals surface area contributed by atoms with E-state index < -0.39 is 42.0 Å². The normalized spacial score (nSPS) is 36.4. The van der Waals surface area contributed by atoms with Gasteiger partial charge in [0.2, 0.25) is 5.67 Å². The first kappa shape index (κ1) is 10.9.